The SMILES string of the molecule is CC(CNC(=O)N1CCC(C(C)(C)C)CC1)C(=O)O. The van der Waals surface area contributed by atoms with Gasteiger partial charge in [-0.15, -0.1) is 0 Å². The number of piperidine rings is 1. The van der Waals surface area contributed by atoms with Crippen molar-refractivity contribution in [1.82, 2.24) is 10.2 Å². The molecule has 0 aliphatic carbocycles. The van der Waals surface area contributed by atoms with Crippen molar-refractivity contribution < 1.29 is 14.7 Å². The number of aliphatic carboxylic acids is 1. The number of carboxylic acid groups (broad SMARTS) is 1. The van der Waals surface area contributed by atoms with Gasteiger partial charge in [0.2, 0.25) is 0 Å². The van der Waals surface area contributed by atoms with Crippen LogP contribution >= 0.6 is 0 Å². The van der Waals surface area contributed by atoms with Crippen LogP contribution in [-0.4, -0.2) is 41.6 Å². The van der Waals surface area contributed by atoms with E-state index >= 15 is 0 Å². The molecule has 0 aromatic carbocycles. The second-order valence-electron chi connectivity index (χ2n) is 6.55. The van der Waals surface area contributed by atoms with Gasteiger partial charge in [0, 0.05) is 19.6 Å². The predicted molar refractivity (Wildman–Crippen MR) is 74.0 cm³/mol. The maximum Gasteiger partial charge on any atom is 0.317 e. The van der Waals surface area contributed by atoms with E-state index in [1.54, 1.807) is 11.8 Å². The number of likely N-dealkylation sites (tertiary alicyclic amines) is 1. The van der Waals surface area contributed by atoms with Crippen molar-refractivity contribution in [2.24, 2.45) is 17.3 Å². The van der Waals surface area contributed by atoms with Gasteiger partial charge in [0.25, 0.3) is 0 Å². The van der Waals surface area contributed by atoms with Crippen LogP contribution in [0.4, 0.5) is 4.79 Å². The van der Waals surface area contributed by atoms with Gasteiger partial charge >= 0.3 is 12.0 Å². The third-order valence-corrected chi connectivity index (χ3v) is 3.99. The lowest BCUT2D eigenvalue weighted by Crippen LogP contribution is -2.47. The summed E-state index contributed by atoms with van der Waals surface area (Å²) in [7, 11) is 0. The molecular formula is C14H26N2O3. The Bertz CT molecular complexity index is 328. The van der Waals surface area contributed by atoms with Crippen molar-refractivity contribution in [2.75, 3.05) is 19.6 Å². The molecule has 1 heterocycles. The molecule has 1 fully saturated rings. The van der Waals surface area contributed by atoms with Crippen LogP contribution in [0.5, 0.6) is 0 Å². The molecule has 0 spiro atoms. The fraction of sp³-hybridized carbons (Fsp3) is 0.857. The van der Waals surface area contributed by atoms with E-state index in [9.17, 15) is 9.59 Å². The number of carbonyl (C=O) groups excluding carboxylic acids is 1. The van der Waals surface area contributed by atoms with Crippen LogP contribution in [0.25, 0.3) is 0 Å². The largest absolute Gasteiger partial charge is 0.481 e. The molecule has 1 unspecified atom stereocenters. The number of carbonyl (C=O) groups is 2. The van der Waals surface area contributed by atoms with Crippen LogP contribution in [0.15, 0.2) is 0 Å². The summed E-state index contributed by atoms with van der Waals surface area (Å²) in [6, 6.07) is -0.138. The van der Waals surface area contributed by atoms with Gasteiger partial charge in [-0.05, 0) is 24.2 Å². The standard InChI is InChI=1S/C14H26N2O3/c1-10(12(17)18)9-15-13(19)16-7-5-11(6-8-16)14(2,3)4/h10-11H,5-9H2,1-4H3,(H,15,19)(H,17,18). The molecule has 1 rings (SSSR count). The number of hydrogen-bond donors (Lipinski definition) is 2. The first-order valence-corrected chi connectivity index (χ1v) is 6.97. The summed E-state index contributed by atoms with van der Waals surface area (Å²) < 4.78 is 0. The van der Waals surface area contributed by atoms with E-state index < -0.39 is 11.9 Å². The molecule has 5 nitrogen and oxygen atoms in total. The number of amides is 2. The van der Waals surface area contributed by atoms with E-state index in [0.717, 1.165) is 25.9 Å². The fourth-order valence-electron chi connectivity index (χ4n) is 2.39. The topological polar surface area (TPSA) is 69.6 Å². The summed E-state index contributed by atoms with van der Waals surface area (Å²) in [5.41, 5.74) is 0.292. The zero-order valence-corrected chi connectivity index (χ0v) is 12.4. The third kappa shape index (κ3) is 4.73. The number of urea groups is 1. The lowest BCUT2D eigenvalue weighted by Gasteiger charge is -2.38. The van der Waals surface area contributed by atoms with E-state index in [1.165, 1.54) is 0 Å². The van der Waals surface area contributed by atoms with Crippen molar-refractivity contribution in [3.63, 3.8) is 0 Å². The fourth-order valence-corrected chi connectivity index (χ4v) is 2.39. The van der Waals surface area contributed by atoms with Gasteiger partial charge in [-0.25, -0.2) is 4.79 Å². The Morgan fingerprint density at radius 2 is 1.84 bits per heavy atom. The molecule has 0 bridgehead atoms. The molecule has 0 aromatic heterocycles. The Balaban J connectivity index is 2.35. The summed E-state index contributed by atoms with van der Waals surface area (Å²) in [6.45, 7) is 10.0. The Kier molecular flexibility index (Phi) is 5.20. The maximum absolute atomic E-state index is 11.9. The first-order valence-electron chi connectivity index (χ1n) is 6.97. The van der Waals surface area contributed by atoms with E-state index in [4.69, 9.17) is 5.11 Å². The number of nitrogens with one attached hydrogen (secondary N) is 1. The van der Waals surface area contributed by atoms with E-state index in [-0.39, 0.29) is 12.6 Å². The molecule has 2 amide bonds. The predicted octanol–water partition coefficient (Wildman–Crippen LogP) is 2.17. The molecule has 1 aliphatic rings. The quantitative estimate of drug-likeness (QED) is 0.825. The average Bonchev–Trinajstić information content (AvgIpc) is 2.34. The molecule has 19 heavy (non-hydrogen) atoms. The van der Waals surface area contributed by atoms with Crippen LogP contribution < -0.4 is 5.32 Å². The molecule has 2 N–H and O–H groups in total. The lowest BCUT2D eigenvalue weighted by molar-refractivity contribution is -0.140. The summed E-state index contributed by atoms with van der Waals surface area (Å²) in [5.74, 6) is -0.780. The minimum atomic E-state index is -0.883. The van der Waals surface area contributed by atoms with Gasteiger partial charge in [0.1, 0.15) is 0 Å². The molecule has 0 saturated carbocycles. The van der Waals surface area contributed by atoms with E-state index in [1.807, 2.05) is 0 Å². The van der Waals surface area contributed by atoms with Crippen LogP contribution in [0.1, 0.15) is 40.5 Å². The second-order valence-corrected chi connectivity index (χ2v) is 6.55. The Morgan fingerprint density at radius 1 is 1.32 bits per heavy atom. The highest BCUT2D eigenvalue weighted by Gasteiger charge is 2.30. The Labute approximate surface area is 115 Å². The lowest BCUT2D eigenvalue weighted by atomic mass is 9.75. The highest BCUT2D eigenvalue weighted by atomic mass is 16.4. The van der Waals surface area contributed by atoms with Crippen LogP contribution in [0.3, 0.4) is 0 Å². The third-order valence-electron chi connectivity index (χ3n) is 3.99. The number of nitrogens with zero attached hydrogens (tertiary/aromatic N) is 1. The smallest absolute Gasteiger partial charge is 0.317 e. The molecule has 5 heteroatoms. The second kappa shape index (κ2) is 6.26. The summed E-state index contributed by atoms with van der Waals surface area (Å²) in [6.07, 6.45) is 2.04. The van der Waals surface area contributed by atoms with Gasteiger partial charge in [-0.1, -0.05) is 27.7 Å². The summed E-state index contributed by atoms with van der Waals surface area (Å²) in [5, 5.41) is 11.5. The van der Waals surface area contributed by atoms with Gasteiger partial charge in [-0.2, -0.15) is 0 Å². The van der Waals surface area contributed by atoms with Gasteiger partial charge in [0.15, 0.2) is 0 Å². The van der Waals surface area contributed by atoms with Crippen molar-refractivity contribution in [3.05, 3.63) is 0 Å². The number of rotatable bonds is 3. The summed E-state index contributed by atoms with van der Waals surface area (Å²) in [4.78, 5) is 24.4. The minimum Gasteiger partial charge on any atom is -0.481 e. The monoisotopic (exact) mass is 270 g/mol. The zero-order chi connectivity index (χ0) is 14.6. The van der Waals surface area contributed by atoms with Crippen molar-refractivity contribution in [2.45, 2.75) is 40.5 Å². The highest BCUT2D eigenvalue weighted by molar-refractivity contribution is 5.76. The number of carboxylic acids is 1. The molecule has 1 aliphatic heterocycles. The van der Waals surface area contributed by atoms with E-state index in [0.29, 0.717) is 11.3 Å². The molecule has 110 valence electrons. The average molecular weight is 270 g/mol. The molecular weight excluding hydrogens is 244 g/mol. The van der Waals surface area contributed by atoms with Crippen LogP contribution in [0.2, 0.25) is 0 Å². The first kappa shape index (κ1) is 15.8. The van der Waals surface area contributed by atoms with Crippen molar-refractivity contribution in [1.29, 1.82) is 0 Å². The highest BCUT2D eigenvalue weighted by Crippen LogP contribution is 2.34. The Hall–Kier alpha value is -1.26. The van der Waals surface area contributed by atoms with Gasteiger partial charge in [0.05, 0.1) is 5.92 Å². The first-order chi connectivity index (χ1) is 8.71. The van der Waals surface area contributed by atoms with Crippen molar-refractivity contribution in [3.8, 4) is 0 Å². The van der Waals surface area contributed by atoms with E-state index in [2.05, 4.69) is 26.1 Å². The van der Waals surface area contributed by atoms with Crippen molar-refractivity contribution >= 4 is 12.0 Å². The molecule has 0 aromatic rings. The molecule has 1 atom stereocenters. The molecule has 0 radical (unpaired) electrons. The molecule has 1 saturated heterocycles. The van der Waals surface area contributed by atoms with Gasteiger partial charge < -0.3 is 15.3 Å². The van der Waals surface area contributed by atoms with Crippen LogP contribution in [0, 0.1) is 17.3 Å². The van der Waals surface area contributed by atoms with Gasteiger partial charge in [-0.3, -0.25) is 4.79 Å². The zero-order valence-electron chi connectivity index (χ0n) is 12.4. The normalized spacial score (nSPS) is 19.1. The maximum atomic E-state index is 11.9. The Morgan fingerprint density at radius 3 is 2.26 bits per heavy atom. The van der Waals surface area contributed by atoms with Crippen LogP contribution in [-0.2, 0) is 4.79 Å². The summed E-state index contributed by atoms with van der Waals surface area (Å²) >= 11 is 0. The number of hydrogen-bond acceptors (Lipinski definition) is 2. The minimum absolute atomic E-state index is 0.138.